The Morgan fingerprint density at radius 1 is 1.50 bits per heavy atom. The third kappa shape index (κ3) is 2.46. The Hall–Kier alpha value is -0.830. The molecule has 1 saturated carbocycles. The van der Waals surface area contributed by atoms with Gasteiger partial charge in [0.15, 0.2) is 0 Å². The lowest BCUT2D eigenvalue weighted by atomic mass is 9.91. The second-order valence-electron chi connectivity index (χ2n) is 6.08. The smallest absolute Gasteiger partial charge is 0.0534 e. The van der Waals surface area contributed by atoms with Gasteiger partial charge in [0, 0.05) is 23.8 Å². The molecule has 0 aliphatic heterocycles. The molecule has 3 nitrogen and oxygen atoms in total. The van der Waals surface area contributed by atoms with Gasteiger partial charge in [-0.1, -0.05) is 20.8 Å². The number of hydrogen-bond donors (Lipinski definition) is 2. The number of nitrogens with zero attached hydrogens (tertiary/aromatic N) is 1. The van der Waals surface area contributed by atoms with Crippen LogP contribution < -0.4 is 5.32 Å². The molecule has 3 heteroatoms. The summed E-state index contributed by atoms with van der Waals surface area (Å²) in [6, 6.07) is 1.03. The van der Waals surface area contributed by atoms with E-state index in [4.69, 9.17) is 0 Å². The predicted molar refractivity (Wildman–Crippen MR) is 66.1 cm³/mol. The van der Waals surface area contributed by atoms with Crippen molar-refractivity contribution in [3.8, 4) is 0 Å². The standard InChI is InChI=1S/C13H23N3/c1-9-5-13(3,4)6-12(9)16-10(2)11-7-14-15-8-11/h7-10,12,16H,5-6H2,1-4H3,(H,14,15). The molecule has 0 spiro atoms. The minimum absolute atomic E-state index is 0.389. The normalized spacial score (nSPS) is 30.5. The van der Waals surface area contributed by atoms with Gasteiger partial charge in [-0.15, -0.1) is 0 Å². The highest BCUT2D eigenvalue weighted by atomic mass is 15.1. The van der Waals surface area contributed by atoms with Crippen LogP contribution >= 0.6 is 0 Å². The second-order valence-corrected chi connectivity index (χ2v) is 6.08. The minimum Gasteiger partial charge on any atom is -0.307 e. The van der Waals surface area contributed by atoms with Gasteiger partial charge in [-0.25, -0.2) is 0 Å². The molecule has 2 rings (SSSR count). The topological polar surface area (TPSA) is 40.7 Å². The van der Waals surface area contributed by atoms with Crippen molar-refractivity contribution >= 4 is 0 Å². The minimum atomic E-state index is 0.389. The summed E-state index contributed by atoms with van der Waals surface area (Å²) in [6.45, 7) is 9.30. The first kappa shape index (κ1) is 11.6. The lowest BCUT2D eigenvalue weighted by Crippen LogP contribution is -2.33. The van der Waals surface area contributed by atoms with Crippen molar-refractivity contribution in [2.24, 2.45) is 11.3 Å². The average molecular weight is 221 g/mol. The Labute approximate surface area is 98.0 Å². The van der Waals surface area contributed by atoms with Crippen LogP contribution in [-0.4, -0.2) is 16.2 Å². The van der Waals surface area contributed by atoms with Crippen LogP contribution in [0.15, 0.2) is 12.4 Å². The van der Waals surface area contributed by atoms with Crippen LogP contribution in [-0.2, 0) is 0 Å². The van der Waals surface area contributed by atoms with Gasteiger partial charge in [-0.3, -0.25) is 5.10 Å². The number of rotatable bonds is 3. The van der Waals surface area contributed by atoms with Gasteiger partial charge in [0.1, 0.15) is 0 Å². The molecular weight excluding hydrogens is 198 g/mol. The van der Waals surface area contributed by atoms with Crippen LogP contribution in [0, 0.1) is 11.3 Å². The molecule has 90 valence electrons. The Kier molecular flexibility index (Phi) is 3.06. The second kappa shape index (κ2) is 4.21. The highest BCUT2D eigenvalue weighted by molar-refractivity contribution is 5.09. The molecule has 1 aliphatic carbocycles. The number of hydrogen-bond acceptors (Lipinski definition) is 2. The van der Waals surface area contributed by atoms with E-state index in [1.54, 1.807) is 0 Å². The molecule has 1 fully saturated rings. The van der Waals surface area contributed by atoms with Gasteiger partial charge < -0.3 is 5.32 Å². The molecule has 1 aliphatic rings. The fourth-order valence-electron chi connectivity index (χ4n) is 3.03. The first-order chi connectivity index (χ1) is 7.48. The third-order valence-electron chi connectivity index (χ3n) is 3.82. The maximum absolute atomic E-state index is 4.00. The van der Waals surface area contributed by atoms with Crippen molar-refractivity contribution < 1.29 is 0 Å². The summed E-state index contributed by atoms with van der Waals surface area (Å²) in [5, 5.41) is 10.6. The van der Waals surface area contributed by atoms with Crippen molar-refractivity contribution in [3.05, 3.63) is 18.0 Å². The maximum atomic E-state index is 4.00. The molecule has 16 heavy (non-hydrogen) atoms. The van der Waals surface area contributed by atoms with E-state index in [1.165, 1.54) is 18.4 Å². The van der Waals surface area contributed by atoms with Crippen LogP contribution in [0.1, 0.15) is 52.1 Å². The zero-order valence-corrected chi connectivity index (χ0v) is 10.7. The summed E-state index contributed by atoms with van der Waals surface area (Å²) in [5.41, 5.74) is 1.74. The van der Waals surface area contributed by atoms with E-state index in [0.717, 1.165) is 5.92 Å². The molecular formula is C13H23N3. The fraction of sp³-hybridized carbons (Fsp3) is 0.769. The number of H-pyrrole nitrogens is 1. The predicted octanol–water partition coefficient (Wildman–Crippen LogP) is 2.89. The first-order valence-electron chi connectivity index (χ1n) is 6.23. The number of nitrogens with one attached hydrogen (secondary N) is 2. The Bertz CT molecular complexity index is 329. The van der Waals surface area contributed by atoms with Crippen LogP contribution in [0.5, 0.6) is 0 Å². The van der Waals surface area contributed by atoms with Gasteiger partial charge in [0.25, 0.3) is 0 Å². The highest BCUT2D eigenvalue weighted by Crippen LogP contribution is 2.41. The molecule has 2 N–H and O–H groups in total. The van der Waals surface area contributed by atoms with Crippen molar-refractivity contribution in [1.29, 1.82) is 0 Å². The molecule has 3 atom stereocenters. The number of aromatic amines is 1. The summed E-state index contributed by atoms with van der Waals surface area (Å²) in [6.07, 6.45) is 6.48. The summed E-state index contributed by atoms with van der Waals surface area (Å²) in [5.74, 6) is 0.768. The van der Waals surface area contributed by atoms with Crippen LogP contribution in [0.25, 0.3) is 0 Å². The Morgan fingerprint density at radius 3 is 2.75 bits per heavy atom. The van der Waals surface area contributed by atoms with E-state index in [9.17, 15) is 0 Å². The van der Waals surface area contributed by atoms with E-state index in [1.807, 2.05) is 12.4 Å². The highest BCUT2D eigenvalue weighted by Gasteiger charge is 2.37. The van der Waals surface area contributed by atoms with Gasteiger partial charge in [0.05, 0.1) is 6.20 Å². The van der Waals surface area contributed by atoms with Crippen molar-refractivity contribution in [3.63, 3.8) is 0 Å². The average Bonchev–Trinajstić information content (AvgIpc) is 2.74. The monoisotopic (exact) mass is 221 g/mol. The molecule has 0 amide bonds. The molecule has 1 heterocycles. The zero-order valence-electron chi connectivity index (χ0n) is 10.7. The van der Waals surface area contributed by atoms with E-state index in [2.05, 4.69) is 43.2 Å². The fourth-order valence-corrected chi connectivity index (χ4v) is 3.03. The lowest BCUT2D eigenvalue weighted by Gasteiger charge is -2.22. The van der Waals surface area contributed by atoms with E-state index in [-0.39, 0.29) is 0 Å². The summed E-state index contributed by atoms with van der Waals surface area (Å²) < 4.78 is 0. The third-order valence-corrected chi connectivity index (χ3v) is 3.82. The Morgan fingerprint density at radius 2 is 2.25 bits per heavy atom. The molecule has 3 unspecified atom stereocenters. The van der Waals surface area contributed by atoms with Crippen LogP contribution in [0.4, 0.5) is 0 Å². The number of aromatic nitrogens is 2. The summed E-state index contributed by atoms with van der Waals surface area (Å²) in [7, 11) is 0. The largest absolute Gasteiger partial charge is 0.307 e. The van der Waals surface area contributed by atoms with Crippen LogP contribution in [0.3, 0.4) is 0 Å². The van der Waals surface area contributed by atoms with E-state index in [0.29, 0.717) is 17.5 Å². The summed E-state index contributed by atoms with van der Waals surface area (Å²) >= 11 is 0. The van der Waals surface area contributed by atoms with Crippen molar-refractivity contribution in [1.82, 2.24) is 15.5 Å². The van der Waals surface area contributed by atoms with Gasteiger partial charge in [-0.05, 0) is 31.1 Å². The van der Waals surface area contributed by atoms with Gasteiger partial charge in [0.2, 0.25) is 0 Å². The summed E-state index contributed by atoms with van der Waals surface area (Å²) in [4.78, 5) is 0. The van der Waals surface area contributed by atoms with Crippen molar-refractivity contribution in [2.75, 3.05) is 0 Å². The van der Waals surface area contributed by atoms with Gasteiger partial charge >= 0.3 is 0 Å². The quantitative estimate of drug-likeness (QED) is 0.824. The van der Waals surface area contributed by atoms with E-state index >= 15 is 0 Å². The molecule has 0 saturated heterocycles. The van der Waals surface area contributed by atoms with Crippen molar-refractivity contribution in [2.45, 2.75) is 52.6 Å². The zero-order chi connectivity index (χ0) is 11.8. The lowest BCUT2D eigenvalue weighted by molar-refractivity contribution is 0.356. The van der Waals surface area contributed by atoms with Gasteiger partial charge in [-0.2, -0.15) is 5.10 Å². The van der Waals surface area contributed by atoms with Crippen LogP contribution in [0.2, 0.25) is 0 Å². The maximum Gasteiger partial charge on any atom is 0.0534 e. The van der Waals surface area contributed by atoms with E-state index < -0.39 is 0 Å². The molecule has 1 aromatic rings. The molecule has 1 aromatic heterocycles. The Balaban J connectivity index is 1.95. The molecule has 0 radical (unpaired) electrons. The molecule has 0 bridgehead atoms. The first-order valence-corrected chi connectivity index (χ1v) is 6.23. The SMILES string of the molecule is CC(NC1CC(C)(C)CC1C)c1cn[nH]c1. The molecule has 0 aromatic carbocycles.